The second-order valence-electron chi connectivity index (χ2n) is 6.08. The molecular weight excluding hydrogens is 318 g/mol. The molecule has 0 unspecified atom stereocenters. The highest BCUT2D eigenvalue weighted by atomic mass is 16.5. The molecule has 25 heavy (non-hydrogen) atoms. The van der Waals surface area contributed by atoms with Crippen molar-refractivity contribution in [3.63, 3.8) is 0 Å². The van der Waals surface area contributed by atoms with E-state index in [9.17, 15) is 4.79 Å². The highest BCUT2D eigenvalue weighted by molar-refractivity contribution is 5.93. The van der Waals surface area contributed by atoms with E-state index in [0.29, 0.717) is 19.8 Å². The fourth-order valence-corrected chi connectivity index (χ4v) is 2.92. The lowest BCUT2D eigenvalue weighted by atomic mass is 10.2. The van der Waals surface area contributed by atoms with E-state index in [1.165, 1.54) is 12.8 Å². The Morgan fingerprint density at radius 3 is 2.80 bits per heavy atom. The molecule has 3 rings (SSSR count). The number of benzene rings is 1. The van der Waals surface area contributed by atoms with Gasteiger partial charge in [0.05, 0.1) is 17.6 Å². The molecule has 1 aliphatic heterocycles. The number of furan rings is 1. The monoisotopic (exact) mass is 343 g/mol. The first-order chi connectivity index (χ1) is 12.3. The molecule has 0 aliphatic carbocycles. The first-order valence-electron chi connectivity index (χ1n) is 8.82. The van der Waals surface area contributed by atoms with Crippen LogP contribution in [0.4, 0.5) is 16.2 Å². The summed E-state index contributed by atoms with van der Waals surface area (Å²) in [6.45, 7) is 3.70. The van der Waals surface area contributed by atoms with Crippen molar-refractivity contribution >= 4 is 17.4 Å². The molecule has 6 heteroatoms. The molecule has 2 aromatic rings. The van der Waals surface area contributed by atoms with E-state index in [1.54, 1.807) is 6.26 Å². The van der Waals surface area contributed by atoms with Crippen molar-refractivity contribution in [3.8, 4) is 0 Å². The molecule has 134 valence electrons. The first kappa shape index (κ1) is 17.4. The molecule has 0 saturated carbocycles. The van der Waals surface area contributed by atoms with Crippen molar-refractivity contribution in [2.45, 2.75) is 25.9 Å². The summed E-state index contributed by atoms with van der Waals surface area (Å²) in [4.78, 5) is 14.4. The first-order valence-corrected chi connectivity index (χ1v) is 8.82. The van der Waals surface area contributed by atoms with Crippen molar-refractivity contribution in [2.75, 3.05) is 36.5 Å². The van der Waals surface area contributed by atoms with Gasteiger partial charge in [0.15, 0.2) is 0 Å². The van der Waals surface area contributed by atoms with Gasteiger partial charge in [-0.2, -0.15) is 0 Å². The Hall–Kier alpha value is -2.47. The van der Waals surface area contributed by atoms with Crippen LogP contribution in [0.1, 0.15) is 25.0 Å². The molecule has 2 amide bonds. The van der Waals surface area contributed by atoms with Crippen LogP contribution in [0.25, 0.3) is 0 Å². The van der Waals surface area contributed by atoms with Crippen LogP contribution >= 0.6 is 0 Å². The lowest BCUT2D eigenvalue weighted by Gasteiger charge is -2.21. The Bertz CT molecular complexity index is 652. The summed E-state index contributed by atoms with van der Waals surface area (Å²) in [5.74, 6) is 0.809. The summed E-state index contributed by atoms with van der Waals surface area (Å²) in [5, 5.41) is 5.82. The number of anilines is 2. The summed E-state index contributed by atoms with van der Waals surface area (Å²) in [6.07, 6.45) is 4.80. The summed E-state index contributed by atoms with van der Waals surface area (Å²) in [6, 6.07) is 11.5. The fraction of sp³-hybridized carbons (Fsp3) is 0.421. The Morgan fingerprint density at radius 1 is 1.16 bits per heavy atom. The summed E-state index contributed by atoms with van der Waals surface area (Å²) >= 11 is 0. The molecule has 0 bridgehead atoms. The van der Waals surface area contributed by atoms with Crippen molar-refractivity contribution in [3.05, 3.63) is 48.4 Å². The Kier molecular flexibility index (Phi) is 6.34. The van der Waals surface area contributed by atoms with Gasteiger partial charge in [0.2, 0.25) is 0 Å². The summed E-state index contributed by atoms with van der Waals surface area (Å²) < 4.78 is 10.7. The quantitative estimate of drug-likeness (QED) is 0.719. The number of para-hydroxylation sites is 2. The standard InChI is InChI=1S/C19H25N3O3/c23-19(20-10-6-13-24-15-16-7-5-14-25-16)21-17-8-1-2-9-18(17)22-11-3-4-12-22/h1-2,5,7-9,14H,3-4,6,10-13,15H2,(H2,20,21,23). The zero-order chi connectivity index (χ0) is 17.3. The van der Waals surface area contributed by atoms with Gasteiger partial charge in [-0.25, -0.2) is 4.79 Å². The minimum absolute atomic E-state index is 0.183. The number of carbonyl (C=O) groups excluding carboxylic acids is 1. The maximum Gasteiger partial charge on any atom is 0.319 e. The number of carbonyl (C=O) groups is 1. The third-order valence-corrected chi connectivity index (χ3v) is 4.17. The minimum Gasteiger partial charge on any atom is -0.467 e. The minimum atomic E-state index is -0.183. The van der Waals surface area contributed by atoms with Gasteiger partial charge < -0.3 is 24.7 Å². The third-order valence-electron chi connectivity index (χ3n) is 4.17. The Balaban J connectivity index is 1.36. The van der Waals surface area contributed by atoms with Gasteiger partial charge in [0.1, 0.15) is 12.4 Å². The topological polar surface area (TPSA) is 66.7 Å². The van der Waals surface area contributed by atoms with Gasteiger partial charge >= 0.3 is 6.03 Å². The van der Waals surface area contributed by atoms with Gasteiger partial charge in [-0.15, -0.1) is 0 Å². The SMILES string of the molecule is O=C(NCCCOCc1ccco1)Nc1ccccc1N1CCCC1. The maximum atomic E-state index is 12.1. The fourth-order valence-electron chi connectivity index (χ4n) is 2.92. The third kappa shape index (κ3) is 5.26. The Labute approximate surface area is 148 Å². The van der Waals surface area contributed by atoms with Crippen LogP contribution < -0.4 is 15.5 Å². The van der Waals surface area contributed by atoms with Crippen LogP contribution in [0.5, 0.6) is 0 Å². The number of ether oxygens (including phenoxy) is 1. The van der Waals surface area contributed by atoms with Gasteiger partial charge in [0.25, 0.3) is 0 Å². The lowest BCUT2D eigenvalue weighted by Crippen LogP contribution is -2.31. The van der Waals surface area contributed by atoms with Crippen LogP contribution in [0, 0.1) is 0 Å². The molecule has 2 N–H and O–H groups in total. The summed E-state index contributed by atoms with van der Waals surface area (Å²) in [7, 11) is 0. The van der Waals surface area contributed by atoms with E-state index >= 15 is 0 Å². The van der Waals surface area contributed by atoms with Crippen LogP contribution in [0.15, 0.2) is 47.1 Å². The number of hydrogen-bond donors (Lipinski definition) is 2. The van der Waals surface area contributed by atoms with Crippen molar-refractivity contribution < 1.29 is 13.9 Å². The van der Waals surface area contributed by atoms with Gasteiger partial charge in [0, 0.05) is 26.2 Å². The largest absolute Gasteiger partial charge is 0.467 e. The molecule has 2 heterocycles. The molecular formula is C19H25N3O3. The molecule has 0 atom stereocenters. The van der Waals surface area contributed by atoms with E-state index < -0.39 is 0 Å². The normalized spacial score (nSPS) is 13.8. The number of rotatable bonds is 8. The molecule has 0 spiro atoms. The van der Waals surface area contributed by atoms with E-state index in [-0.39, 0.29) is 6.03 Å². The summed E-state index contributed by atoms with van der Waals surface area (Å²) in [5.41, 5.74) is 1.95. The number of urea groups is 1. The highest BCUT2D eigenvalue weighted by Crippen LogP contribution is 2.28. The van der Waals surface area contributed by atoms with Crippen LogP contribution in [-0.2, 0) is 11.3 Å². The number of amides is 2. The highest BCUT2D eigenvalue weighted by Gasteiger charge is 2.16. The van der Waals surface area contributed by atoms with E-state index in [2.05, 4.69) is 21.6 Å². The lowest BCUT2D eigenvalue weighted by molar-refractivity contribution is 0.104. The predicted octanol–water partition coefficient (Wildman–Crippen LogP) is 3.61. The second-order valence-corrected chi connectivity index (χ2v) is 6.08. The average molecular weight is 343 g/mol. The van der Waals surface area contributed by atoms with E-state index in [4.69, 9.17) is 9.15 Å². The second kappa shape index (κ2) is 9.13. The van der Waals surface area contributed by atoms with Gasteiger partial charge in [-0.1, -0.05) is 12.1 Å². The van der Waals surface area contributed by atoms with Crippen LogP contribution in [-0.4, -0.2) is 32.3 Å². The zero-order valence-electron chi connectivity index (χ0n) is 14.4. The molecule has 1 aliphatic rings. The number of nitrogens with one attached hydrogen (secondary N) is 2. The molecule has 1 aromatic heterocycles. The number of hydrogen-bond acceptors (Lipinski definition) is 4. The predicted molar refractivity (Wildman–Crippen MR) is 97.9 cm³/mol. The van der Waals surface area contributed by atoms with E-state index in [0.717, 1.165) is 36.6 Å². The van der Waals surface area contributed by atoms with Crippen molar-refractivity contribution in [1.29, 1.82) is 0 Å². The molecule has 1 saturated heterocycles. The van der Waals surface area contributed by atoms with Crippen molar-refractivity contribution in [1.82, 2.24) is 5.32 Å². The van der Waals surface area contributed by atoms with Crippen molar-refractivity contribution in [2.24, 2.45) is 0 Å². The molecule has 0 radical (unpaired) electrons. The van der Waals surface area contributed by atoms with Gasteiger partial charge in [-0.3, -0.25) is 0 Å². The smallest absolute Gasteiger partial charge is 0.319 e. The van der Waals surface area contributed by atoms with E-state index in [1.807, 2.05) is 30.3 Å². The number of nitrogens with zero attached hydrogens (tertiary/aromatic N) is 1. The molecule has 6 nitrogen and oxygen atoms in total. The average Bonchev–Trinajstić information content (AvgIpc) is 3.32. The Morgan fingerprint density at radius 2 is 2.00 bits per heavy atom. The van der Waals surface area contributed by atoms with Gasteiger partial charge in [-0.05, 0) is 43.5 Å². The zero-order valence-corrected chi connectivity index (χ0v) is 14.4. The molecule has 1 aromatic carbocycles. The van der Waals surface area contributed by atoms with Crippen LogP contribution in [0.3, 0.4) is 0 Å². The van der Waals surface area contributed by atoms with Crippen LogP contribution in [0.2, 0.25) is 0 Å². The maximum absolute atomic E-state index is 12.1. The molecule has 1 fully saturated rings.